The minimum Gasteiger partial charge on any atom is -0.508 e. The van der Waals surface area contributed by atoms with E-state index >= 15 is 0 Å². The number of rotatable bonds is 4. The zero-order valence-electron chi connectivity index (χ0n) is 12.9. The van der Waals surface area contributed by atoms with E-state index in [2.05, 4.69) is 10.3 Å². The fourth-order valence-corrected chi connectivity index (χ4v) is 2.44. The van der Waals surface area contributed by atoms with Crippen LogP contribution in [0.2, 0.25) is 0 Å². The van der Waals surface area contributed by atoms with E-state index in [1.54, 1.807) is 54.9 Å². The third-order valence-electron chi connectivity index (χ3n) is 3.71. The molecule has 0 saturated heterocycles. The first-order valence-corrected chi connectivity index (χ1v) is 7.51. The molecule has 0 fully saturated rings. The van der Waals surface area contributed by atoms with Crippen molar-refractivity contribution in [2.24, 2.45) is 5.73 Å². The van der Waals surface area contributed by atoms with Gasteiger partial charge in [0.25, 0.3) is 5.91 Å². The highest BCUT2D eigenvalue weighted by atomic mass is 16.3. The smallest absolute Gasteiger partial charge is 0.255 e. The SMILES string of the molecule is NCc1ccc(C(=O)Nc2ccncc2)cc1-c1ccc(O)cc1. The number of carbonyl (C=O) groups excluding carboxylic acids is 1. The zero-order valence-corrected chi connectivity index (χ0v) is 12.9. The summed E-state index contributed by atoms with van der Waals surface area (Å²) in [6.07, 6.45) is 3.24. The quantitative estimate of drug-likeness (QED) is 0.689. The van der Waals surface area contributed by atoms with Crippen molar-refractivity contribution in [2.75, 3.05) is 5.32 Å². The van der Waals surface area contributed by atoms with Crippen molar-refractivity contribution in [1.29, 1.82) is 0 Å². The van der Waals surface area contributed by atoms with E-state index in [-0.39, 0.29) is 11.7 Å². The van der Waals surface area contributed by atoms with Gasteiger partial charge < -0.3 is 16.2 Å². The van der Waals surface area contributed by atoms with Gasteiger partial charge in [-0.3, -0.25) is 9.78 Å². The van der Waals surface area contributed by atoms with E-state index in [0.29, 0.717) is 17.8 Å². The third-order valence-corrected chi connectivity index (χ3v) is 3.71. The van der Waals surface area contributed by atoms with Crippen molar-refractivity contribution in [3.05, 3.63) is 78.1 Å². The predicted molar refractivity (Wildman–Crippen MR) is 93.6 cm³/mol. The number of hydrogen-bond acceptors (Lipinski definition) is 4. The van der Waals surface area contributed by atoms with Crippen LogP contribution in [0.1, 0.15) is 15.9 Å². The Bertz CT molecular complexity index is 846. The molecule has 1 heterocycles. The lowest BCUT2D eigenvalue weighted by molar-refractivity contribution is 0.102. The van der Waals surface area contributed by atoms with Crippen LogP contribution in [0.4, 0.5) is 5.69 Å². The molecule has 1 aromatic heterocycles. The van der Waals surface area contributed by atoms with Gasteiger partial charge in [0.1, 0.15) is 5.75 Å². The summed E-state index contributed by atoms with van der Waals surface area (Å²) in [5.41, 5.74) is 9.73. The summed E-state index contributed by atoms with van der Waals surface area (Å²) in [6, 6.07) is 15.7. The summed E-state index contributed by atoms with van der Waals surface area (Å²) in [4.78, 5) is 16.4. The molecule has 0 radical (unpaired) electrons. The predicted octanol–water partition coefficient (Wildman–Crippen LogP) is 3.17. The highest BCUT2D eigenvalue weighted by molar-refractivity contribution is 6.05. The summed E-state index contributed by atoms with van der Waals surface area (Å²) in [5.74, 6) is -0.00978. The van der Waals surface area contributed by atoms with E-state index in [9.17, 15) is 9.90 Å². The Labute approximate surface area is 139 Å². The molecule has 0 saturated carbocycles. The molecule has 4 N–H and O–H groups in total. The molecular weight excluding hydrogens is 302 g/mol. The largest absolute Gasteiger partial charge is 0.508 e. The van der Waals surface area contributed by atoms with Gasteiger partial charge in [-0.25, -0.2) is 0 Å². The Morgan fingerprint density at radius 3 is 2.42 bits per heavy atom. The number of aromatic hydroxyl groups is 1. The van der Waals surface area contributed by atoms with E-state index < -0.39 is 0 Å². The topological polar surface area (TPSA) is 88.2 Å². The molecule has 5 nitrogen and oxygen atoms in total. The fraction of sp³-hybridized carbons (Fsp3) is 0.0526. The molecule has 0 unspecified atom stereocenters. The van der Waals surface area contributed by atoms with Gasteiger partial charge in [-0.1, -0.05) is 18.2 Å². The van der Waals surface area contributed by atoms with Crippen molar-refractivity contribution in [1.82, 2.24) is 4.98 Å². The van der Waals surface area contributed by atoms with Crippen LogP contribution in [0.15, 0.2) is 67.0 Å². The van der Waals surface area contributed by atoms with Crippen molar-refractivity contribution in [3.63, 3.8) is 0 Å². The van der Waals surface area contributed by atoms with Gasteiger partial charge in [-0.15, -0.1) is 0 Å². The van der Waals surface area contributed by atoms with Crippen molar-refractivity contribution >= 4 is 11.6 Å². The zero-order chi connectivity index (χ0) is 16.9. The minimum absolute atomic E-state index is 0.194. The average molecular weight is 319 g/mol. The molecule has 0 bridgehead atoms. The Morgan fingerprint density at radius 1 is 1.04 bits per heavy atom. The minimum atomic E-state index is -0.204. The highest BCUT2D eigenvalue weighted by Crippen LogP contribution is 2.27. The molecule has 2 aromatic carbocycles. The fourth-order valence-electron chi connectivity index (χ4n) is 2.44. The Kier molecular flexibility index (Phi) is 4.54. The number of phenols is 1. The summed E-state index contributed by atoms with van der Waals surface area (Å²) in [7, 11) is 0. The van der Waals surface area contributed by atoms with E-state index in [0.717, 1.165) is 16.7 Å². The molecule has 0 aliphatic carbocycles. The van der Waals surface area contributed by atoms with Gasteiger partial charge in [-0.05, 0) is 53.1 Å². The molecule has 0 aliphatic heterocycles. The molecule has 5 heteroatoms. The second-order valence-electron chi connectivity index (χ2n) is 5.31. The van der Waals surface area contributed by atoms with Crippen molar-refractivity contribution < 1.29 is 9.90 Å². The van der Waals surface area contributed by atoms with Crippen molar-refractivity contribution in [3.8, 4) is 16.9 Å². The van der Waals surface area contributed by atoms with E-state index in [1.165, 1.54) is 0 Å². The lowest BCUT2D eigenvalue weighted by atomic mass is 9.97. The number of nitrogens with zero attached hydrogens (tertiary/aromatic N) is 1. The summed E-state index contributed by atoms with van der Waals surface area (Å²) in [5, 5.41) is 12.3. The standard InChI is InChI=1S/C19H17N3O2/c20-12-15-2-1-14(19(24)22-16-7-9-21-10-8-16)11-18(15)13-3-5-17(23)6-4-13/h1-11,23H,12,20H2,(H,21,22,24). The van der Waals surface area contributed by atoms with Crippen LogP contribution in [-0.4, -0.2) is 16.0 Å². The van der Waals surface area contributed by atoms with Crippen LogP contribution >= 0.6 is 0 Å². The first kappa shape index (κ1) is 15.7. The molecule has 1 amide bonds. The van der Waals surface area contributed by atoms with E-state index in [1.807, 2.05) is 12.1 Å². The second-order valence-corrected chi connectivity index (χ2v) is 5.31. The molecule has 3 rings (SSSR count). The number of benzene rings is 2. The Hall–Kier alpha value is -3.18. The maximum absolute atomic E-state index is 12.4. The number of amides is 1. The average Bonchev–Trinajstić information content (AvgIpc) is 2.62. The maximum atomic E-state index is 12.4. The molecular formula is C19H17N3O2. The second kappa shape index (κ2) is 6.93. The monoisotopic (exact) mass is 319 g/mol. The van der Waals surface area contributed by atoms with Gasteiger partial charge in [0, 0.05) is 30.2 Å². The number of nitrogens with two attached hydrogens (primary N) is 1. The molecule has 120 valence electrons. The molecule has 0 atom stereocenters. The summed E-state index contributed by atoms with van der Waals surface area (Å²) in [6.45, 7) is 0.364. The molecule has 3 aromatic rings. The number of aromatic nitrogens is 1. The highest BCUT2D eigenvalue weighted by Gasteiger charge is 2.11. The van der Waals surface area contributed by atoms with Crippen molar-refractivity contribution in [2.45, 2.75) is 6.54 Å². The number of pyridine rings is 1. The number of hydrogen-bond donors (Lipinski definition) is 3. The lowest BCUT2D eigenvalue weighted by Gasteiger charge is -2.11. The van der Waals surface area contributed by atoms with Crippen LogP contribution in [-0.2, 0) is 6.54 Å². The van der Waals surface area contributed by atoms with Gasteiger partial charge in [-0.2, -0.15) is 0 Å². The van der Waals surface area contributed by atoms with Crippen LogP contribution in [0.3, 0.4) is 0 Å². The van der Waals surface area contributed by atoms with Gasteiger partial charge >= 0.3 is 0 Å². The third kappa shape index (κ3) is 3.42. The van der Waals surface area contributed by atoms with Crippen LogP contribution < -0.4 is 11.1 Å². The first-order chi connectivity index (χ1) is 11.7. The number of carbonyl (C=O) groups is 1. The Balaban J connectivity index is 1.94. The molecule has 0 spiro atoms. The van der Waals surface area contributed by atoms with Crippen LogP contribution in [0, 0.1) is 0 Å². The van der Waals surface area contributed by atoms with Gasteiger partial charge in [0.15, 0.2) is 0 Å². The van der Waals surface area contributed by atoms with Crippen LogP contribution in [0.25, 0.3) is 11.1 Å². The van der Waals surface area contributed by atoms with E-state index in [4.69, 9.17) is 5.73 Å². The maximum Gasteiger partial charge on any atom is 0.255 e. The summed E-state index contributed by atoms with van der Waals surface area (Å²) >= 11 is 0. The lowest BCUT2D eigenvalue weighted by Crippen LogP contribution is -2.12. The number of nitrogens with one attached hydrogen (secondary N) is 1. The van der Waals surface area contributed by atoms with Crippen LogP contribution in [0.5, 0.6) is 5.75 Å². The summed E-state index contributed by atoms with van der Waals surface area (Å²) < 4.78 is 0. The number of phenolic OH excluding ortho intramolecular Hbond substituents is 1. The van der Waals surface area contributed by atoms with Gasteiger partial charge in [0.2, 0.25) is 0 Å². The normalized spacial score (nSPS) is 10.4. The Morgan fingerprint density at radius 2 is 1.75 bits per heavy atom. The van der Waals surface area contributed by atoms with Gasteiger partial charge in [0.05, 0.1) is 0 Å². The molecule has 0 aliphatic rings. The number of anilines is 1. The molecule has 24 heavy (non-hydrogen) atoms. The first-order valence-electron chi connectivity index (χ1n) is 7.51.